The molecule has 0 fully saturated rings. The second-order valence-corrected chi connectivity index (χ2v) is 7.18. The first-order valence-corrected chi connectivity index (χ1v) is 10.4. The number of nitrogens with zero attached hydrogens (tertiary/aromatic N) is 4. The number of non-ortho nitro benzene ring substituents is 1. The zero-order valence-electron chi connectivity index (χ0n) is 19.0. The molecule has 10 nitrogen and oxygen atoms in total. The lowest BCUT2D eigenvalue weighted by molar-refractivity contribution is -0.384. The van der Waals surface area contributed by atoms with Gasteiger partial charge in [-0.15, -0.1) is 0 Å². The van der Waals surface area contributed by atoms with Crippen molar-refractivity contribution in [1.82, 2.24) is 14.1 Å². The van der Waals surface area contributed by atoms with Crippen LogP contribution in [0.1, 0.15) is 19.4 Å². The van der Waals surface area contributed by atoms with E-state index in [0.29, 0.717) is 5.56 Å². The fraction of sp³-hybridized carbons (Fsp3) is 0.174. The first kappa shape index (κ1) is 24.1. The van der Waals surface area contributed by atoms with E-state index in [-0.39, 0.29) is 39.5 Å². The van der Waals surface area contributed by atoms with E-state index in [1.807, 2.05) is 13.8 Å². The number of nitro groups is 1. The summed E-state index contributed by atoms with van der Waals surface area (Å²) in [6.07, 6.45) is 1.18. The molecule has 0 atom stereocenters. The number of aromatic nitrogens is 3. The van der Waals surface area contributed by atoms with Gasteiger partial charge in [0.25, 0.3) is 16.8 Å². The summed E-state index contributed by atoms with van der Waals surface area (Å²) in [5.41, 5.74) is 5.77. The molecule has 0 bridgehead atoms. The highest BCUT2D eigenvalue weighted by Gasteiger charge is 2.18. The highest BCUT2D eigenvalue weighted by Crippen LogP contribution is 2.26. The largest absolute Gasteiger partial charge is 0.397 e. The van der Waals surface area contributed by atoms with Crippen molar-refractivity contribution < 1.29 is 9.31 Å². The Kier molecular flexibility index (Phi) is 6.76. The van der Waals surface area contributed by atoms with Gasteiger partial charge in [-0.1, -0.05) is 19.9 Å². The molecule has 0 unspecified atom stereocenters. The average Bonchev–Trinajstić information content (AvgIpc) is 2.80. The number of nitro benzene ring substituents is 1. The molecular weight excluding hydrogens is 443 g/mol. The summed E-state index contributed by atoms with van der Waals surface area (Å²) in [5.74, 6) is -0.553. The number of benzene rings is 2. The van der Waals surface area contributed by atoms with Crippen molar-refractivity contribution in [2.75, 3.05) is 11.1 Å². The topological polar surface area (TPSA) is 138 Å². The molecule has 2 heterocycles. The Hall–Kier alpha value is -4.54. The summed E-state index contributed by atoms with van der Waals surface area (Å²) >= 11 is 0. The van der Waals surface area contributed by atoms with Crippen LogP contribution in [-0.2, 0) is 7.05 Å². The number of anilines is 3. The second-order valence-electron chi connectivity index (χ2n) is 7.18. The Morgan fingerprint density at radius 3 is 2.41 bits per heavy atom. The van der Waals surface area contributed by atoms with Gasteiger partial charge in [0.2, 0.25) is 0 Å². The van der Waals surface area contributed by atoms with E-state index in [4.69, 9.17) is 5.73 Å². The van der Waals surface area contributed by atoms with E-state index >= 15 is 0 Å². The molecule has 3 N–H and O–H groups in total. The number of nitrogen functional groups attached to an aromatic ring is 1. The Balaban J connectivity index is 0.00000158. The molecule has 4 aromatic rings. The highest BCUT2D eigenvalue weighted by atomic mass is 19.1. The zero-order chi connectivity index (χ0) is 25.2. The molecule has 0 aliphatic rings. The summed E-state index contributed by atoms with van der Waals surface area (Å²) < 4.78 is 16.7. The van der Waals surface area contributed by atoms with Gasteiger partial charge in [0.1, 0.15) is 17.5 Å². The molecule has 0 aliphatic heterocycles. The molecule has 2 aromatic carbocycles. The lowest BCUT2D eigenvalue weighted by atomic mass is 10.2. The normalized spacial score (nSPS) is 10.5. The van der Waals surface area contributed by atoms with Crippen LogP contribution in [0.4, 0.5) is 27.1 Å². The second kappa shape index (κ2) is 9.53. The van der Waals surface area contributed by atoms with Crippen LogP contribution in [0.15, 0.2) is 58.4 Å². The first-order valence-electron chi connectivity index (χ1n) is 10.4. The number of rotatable bonds is 4. The van der Waals surface area contributed by atoms with E-state index in [1.165, 1.54) is 48.3 Å². The van der Waals surface area contributed by atoms with Gasteiger partial charge in [-0.3, -0.25) is 28.8 Å². The van der Waals surface area contributed by atoms with Crippen molar-refractivity contribution in [2.45, 2.75) is 20.8 Å². The fourth-order valence-electron chi connectivity index (χ4n) is 3.34. The SMILES string of the molecule is CC.Cc1ccc(Nc2cc(=O)n(C)c3ncn(-c4ccc([N+](=O)[O-])cc4N)c(=O)c23)c(F)c1. The Bertz CT molecular complexity index is 1530. The molecule has 0 radical (unpaired) electrons. The van der Waals surface area contributed by atoms with Crippen molar-refractivity contribution >= 4 is 33.8 Å². The predicted octanol–water partition coefficient (Wildman–Crippen LogP) is 3.79. The van der Waals surface area contributed by atoms with Crippen LogP contribution in [0.25, 0.3) is 16.7 Å². The molecule has 0 saturated heterocycles. The summed E-state index contributed by atoms with van der Waals surface area (Å²) in [4.78, 5) is 40.4. The maximum absolute atomic E-state index is 14.4. The zero-order valence-corrected chi connectivity index (χ0v) is 19.0. The Labute approximate surface area is 193 Å². The summed E-state index contributed by atoms with van der Waals surface area (Å²) in [7, 11) is 1.46. The van der Waals surface area contributed by atoms with Gasteiger partial charge in [0, 0.05) is 25.2 Å². The number of aryl methyl sites for hydroxylation is 2. The van der Waals surface area contributed by atoms with E-state index in [9.17, 15) is 24.1 Å². The molecule has 2 aromatic heterocycles. The quantitative estimate of drug-likeness (QED) is 0.265. The summed E-state index contributed by atoms with van der Waals surface area (Å²) in [6.45, 7) is 5.73. The van der Waals surface area contributed by atoms with Gasteiger partial charge < -0.3 is 11.1 Å². The number of hydrogen-bond acceptors (Lipinski definition) is 7. The minimum absolute atomic E-state index is 0.00800. The summed E-state index contributed by atoms with van der Waals surface area (Å²) in [6, 6.07) is 9.35. The third kappa shape index (κ3) is 4.35. The Morgan fingerprint density at radius 1 is 1.09 bits per heavy atom. The van der Waals surface area contributed by atoms with Gasteiger partial charge >= 0.3 is 0 Å². The lowest BCUT2D eigenvalue weighted by Crippen LogP contribution is -2.26. The standard InChI is InChI=1S/C21H17FN6O4.C2H6/c1-11-3-5-15(13(22)7-11)25-16-9-18(29)26(2)20-19(16)21(30)27(10-24-20)17-6-4-12(28(31)32)8-14(17)23;1-2/h3-10,25H,23H2,1-2H3;1-2H3. The molecule has 34 heavy (non-hydrogen) atoms. The van der Waals surface area contributed by atoms with Crippen LogP contribution in [0.3, 0.4) is 0 Å². The van der Waals surface area contributed by atoms with Crippen molar-refractivity contribution in [3.63, 3.8) is 0 Å². The molecular formula is C23H23FN6O4. The number of nitrogens with two attached hydrogens (primary N) is 1. The van der Waals surface area contributed by atoms with Crippen molar-refractivity contribution in [2.24, 2.45) is 7.05 Å². The maximum atomic E-state index is 14.4. The van der Waals surface area contributed by atoms with Crippen molar-refractivity contribution in [3.05, 3.63) is 91.0 Å². The summed E-state index contributed by atoms with van der Waals surface area (Å²) in [5, 5.41) is 13.8. The fourth-order valence-corrected chi connectivity index (χ4v) is 3.34. The van der Waals surface area contributed by atoms with E-state index in [0.717, 1.165) is 10.6 Å². The molecule has 0 amide bonds. The van der Waals surface area contributed by atoms with Crippen LogP contribution >= 0.6 is 0 Å². The minimum Gasteiger partial charge on any atom is -0.397 e. The number of pyridine rings is 1. The monoisotopic (exact) mass is 466 g/mol. The third-order valence-electron chi connectivity index (χ3n) is 5.01. The number of halogens is 1. The van der Waals surface area contributed by atoms with E-state index < -0.39 is 21.9 Å². The third-order valence-corrected chi connectivity index (χ3v) is 5.01. The molecule has 0 aliphatic carbocycles. The van der Waals surface area contributed by atoms with Gasteiger partial charge in [-0.2, -0.15) is 0 Å². The molecule has 4 rings (SSSR count). The van der Waals surface area contributed by atoms with Gasteiger partial charge in [-0.05, 0) is 30.7 Å². The molecule has 0 saturated carbocycles. The van der Waals surface area contributed by atoms with E-state index in [2.05, 4.69) is 10.3 Å². The smallest absolute Gasteiger partial charge is 0.271 e. The van der Waals surface area contributed by atoms with Crippen LogP contribution in [0.5, 0.6) is 0 Å². The van der Waals surface area contributed by atoms with Crippen LogP contribution in [-0.4, -0.2) is 19.0 Å². The number of hydrogen-bond donors (Lipinski definition) is 2. The lowest BCUT2D eigenvalue weighted by Gasteiger charge is -2.14. The van der Waals surface area contributed by atoms with Crippen LogP contribution < -0.4 is 22.2 Å². The Morgan fingerprint density at radius 2 is 1.79 bits per heavy atom. The van der Waals surface area contributed by atoms with Crippen LogP contribution in [0.2, 0.25) is 0 Å². The first-order chi connectivity index (χ1) is 16.2. The molecule has 11 heteroatoms. The van der Waals surface area contributed by atoms with E-state index in [1.54, 1.807) is 13.0 Å². The van der Waals surface area contributed by atoms with Gasteiger partial charge in [0.15, 0.2) is 5.65 Å². The number of fused-ring (bicyclic) bond motifs is 1. The highest BCUT2D eigenvalue weighted by molar-refractivity contribution is 5.90. The minimum atomic E-state index is -0.602. The number of nitrogens with one attached hydrogen (secondary N) is 1. The van der Waals surface area contributed by atoms with Gasteiger partial charge in [-0.25, -0.2) is 9.37 Å². The van der Waals surface area contributed by atoms with Crippen molar-refractivity contribution in [3.8, 4) is 5.69 Å². The van der Waals surface area contributed by atoms with Crippen molar-refractivity contribution in [1.29, 1.82) is 0 Å². The van der Waals surface area contributed by atoms with Crippen LogP contribution in [0, 0.1) is 22.9 Å². The molecule has 0 spiro atoms. The molecule has 176 valence electrons. The predicted molar refractivity (Wildman–Crippen MR) is 129 cm³/mol. The average molecular weight is 466 g/mol. The maximum Gasteiger partial charge on any atom is 0.271 e. The van der Waals surface area contributed by atoms with Gasteiger partial charge in [0.05, 0.1) is 27.7 Å².